The summed E-state index contributed by atoms with van der Waals surface area (Å²) in [7, 11) is 0. The summed E-state index contributed by atoms with van der Waals surface area (Å²) in [5, 5.41) is 0. The molecule has 0 spiro atoms. The van der Waals surface area contributed by atoms with Crippen molar-refractivity contribution in [3.8, 4) is 0 Å². The third kappa shape index (κ3) is 7.27. The van der Waals surface area contributed by atoms with Crippen LogP contribution < -0.4 is 0 Å². The lowest BCUT2D eigenvalue weighted by molar-refractivity contribution is -0.133. The molecule has 0 bridgehead atoms. The summed E-state index contributed by atoms with van der Waals surface area (Å²) in [6.45, 7) is 6.39. The Hall–Kier alpha value is -4.29. The van der Waals surface area contributed by atoms with E-state index in [4.69, 9.17) is 0 Å². The fourth-order valence-electron chi connectivity index (χ4n) is 5.35. The van der Waals surface area contributed by atoms with Crippen molar-refractivity contribution in [2.45, 2.75) is 19.4 Å². The first-order valence-electron chi connectivity index (χ1n) is 14.2. The van der Waals surface area contributed by atoms with Crippen LogP contribution in [0.4, 0.5) is 4.39 Å². The number of halogens is 1. The largest absolute Gasteiger partial charge is 0.339 e. The summed E-state index contributed by atoms with van der Waals surface area (Å²) in [4.78, 5) is 33.4. The van der Waals surface area contributed by atoms with Gasteiger partial charge in [-0.1, -0.05) is 90.5 Å². The normalized spacial score (nSPS) is 13.8. The van der Waals surface area contributed by atoms with Gasteiger partial charge in [-0.15, -0.1) is 0 Å². The van der Waals surface area contributed by atoms with Gasteiger partial charge in [0.15, 0.2) is 0 Å². The Morgan fingerprint density at radius 2 is 1.32 bits per heavy atom. The van der Waals surface area contributed by atoms with E-state index in [9.17, 15) is 14.0 Å². The van der Waals surface area contributed by atoms with Crippen LogP contribution in [0.5, 0.6) is 0 Å². The molecule has 0 radical (unpaired) electrons. The molecule has 0 N–H and O–H groups in total. The number of piperazine rings is 1. The molecule has 5 nitrogen and oxygen atoms in total. The predicted molar refractivity (Wildman–Crippen MR) is 160 cm³/mol. The third-order valence-corrected chi connectivity index (χ3v) is 7.76. The molecular weight excluding hydrogens is 513 g/mol. The topological polar surface area (TPSA) is 43.9 Å². The van der Waals surface area contributed by atoms with Crippen molar-refractivity contribution >= 4 is 11.8 Å². The molecule has 41 heavy (non-hydrogen) atoms. The van der Waals surface area contributed by atoms with Crippen LogP contribution in [0.2, 0.25) is 0 Å². The molecule has 4 aromatic rings. The Bertz CT molecular complexity index is 1380. The number of amides is 2. The summed E-state index contributed by atoms with van der Waals surface area (Å²) in [5.74, 6) is -0.548. The third-order valence-electron chi connectivity index (χ3n) is 7.76. The molecule has 0 aromatic heterocycles. The van der Waals surface area contributed by atoms with Crippen molar-refractivity contribution in [3.63, 3.8) is 0 Å². The first-order valence-corrected chi connectivity index (χ1v) is 14.2. The highest BCUT2D eigenvalue weighted by atomic mass is 19.1. The van der Waals surface area contributed by atoms with Crippen LogP contribution in [0.25, 0.3) is 0 Å². The summed E-state index contributed by atoms with van der Waals surface area (Å²) in [6, 6.07) is 33.8. The second-order valence-electron chi connectivity index (χ2n) is 10.6. The average molecular weight is 550 g/mol. The van der Waals surface area contributed by atoms with Gasteiger partial charge in [0, 0.05) is 51.4 Å². The molecule has 4 aromatic carbocycles. The van der Waals surface area contributed by atoms with E-state index in [-0.39, 0.29) is 23.5 Å². The fourth-order valence-corrected chi connectivity index (χ4v) is 5.35. The molecule has 5 rings (SSSR count). The highest BCUT2D eigenvalue weighted by molar-refractivity contribution is 5.94. The minimum atomic E-state index is -0.331. The van der Waals surface area contributed by atoms with Crippen LogP contribution in [0.3, 0.4) is 0 Å². The van der Waals surface area contributed by atoms with Gasteiger partial charge in [0.1, 0.15) is 5.82 Å². The molecule has 1 saturated heterocycles. The van der Waals surface area contributed by atoms with E-state index in [0.29, 0.717) is 38.3 Å². The molecule has 6 heteroatoms. The van der Waals surface area contributed by atoms with Crippen LogP contribution in [-0.2, 0) is 11.3 Å². The van der Waals surface area contributed by atoms with Gasteiger partial charge < -0.3 is 9.80 Å². The number of rotatable bonds is 9. The second kappa shape index (κ2) is 13.4. The fraction of sp³-hybridized carbons (Fsp3) is 0.257. The number of nitrogens with zero attached hydrogens (tertiary/aromatic N) is 3. The van der Waals surface area contributed by atoms with Gasteiger partial charge in [-0.05, 0) is 47.9 Å². The second-order valence-corrected chi connectivity index (χ2v) is 10.6. The molecule has 1 heterocycles. The van der Waals surface area contributed by atoms with Gasteiger partial charge >= 0.3 is 0 Å². The predicted octanol–water partition coefficient (Wildman–Crippen LogP) is 5.75. The Balaban J connectivity index is 1.23. The highest BCUT2D eigenvalue weighted by Gasteiger charge is 2.30. The maximum atomic E-state index is 13.8. The number of carbonyl (C=O) groups excluding carboxylic acids is 2. The van der Waals surface area contributed by atoms with E-state index in [1.165, 1.54) is 12.1 Å². The van der Waals surface area contributed by atoms with Crippen LogP contribution in [0.15, 0.2) is 109 Å². The smallest absolute Gasteiger partial charge is 0.254 e. The quantitative estimate of drug-likeness (QED) is 0.267. The molecule has 0 unspecified atom stereocenters. The molecule has 210 valence electrons. The Morgan fingerprint density at radius 1 is 0.756 bits per heavy atom. The van der Waals surface area contributed by atoms with Crippen LogP contribution >= 0.6 is 0 Å². The van der Waals surface area contributed by atoms with Crippen molar-refractivity contribution in [3.05, 3.63) is 143 Å². The van der Waals surface area contributed by atoms with E-state index in [1.54, 1.807) is 12.1 Å². The van der Waals surface area contributed by atoms with Gasteiger partial charge in [0.25, 0.3) is 5.91 Å². The summed E-state index contributed by atoms with van der Waals surface area (Å²) in [5.41, 5.74) is 4.62. The standard InChI is InChI=1S/C35H36FN3O2/c1-27-12-16-31(17-13-27)34(40)39(26-28-14-18-32(36)19-15-28)25-22-37-20-23-38(24-21-37)35(41)33(29-8-4-2-5-9-29)30-10-6-3-7-11-30/h2-19,33H,20-26H2,1H3. The van der Waals surface area contributed by atoms with Crippen molar-refractivity contribution in [2.24, 2.45) is 0 Å². The molecule has 0 saturated carbocycles. The van der Waals surface area contributed by atoms with Gasteiger partial charge in [-0.25, -0.2) is 4.39 Å². The molecule has 1 fully saturated rings. The molecular formula is C35H36FN3O2. The zero-order valence-electron chi connectivity index (χ0n) is 23.5. The van der Waals surface area contributed by atoms with E-state index in [0.717, 1.165) is 35.3 Å². The van der Waals surface area contributed by atoms with E-state index in [1.807, 2.05) is 102 Å². The van der Waals surface area contributed by atoms with Crippen LogP contribution in [0, 0.1) is 12.7 Å². The minimum Gasteiger partial charge on any atom is -0.339 e. The van der Waals surface area contributed by atoms with Gasteiger partial charge in [-0.3, -0.25) is 14.5 Å². The maximum Gasteiger partial charge on any atom is 0.254 e. The number of benzene rings is 4. The van der Waals surface area contributed by atoms with Crippen molar-refractivity contribution in [2.75, 3.05) is 39.3 Å². The van der Waals surface area contributed by atoms with Crippen molar-refractivity contribution < 1.29 is 14.0 Å². The number of hydrogen-bond donors (Lipinski definition) is 0. The first-order chi connectivity index (χ1) is 20.0. The van der Waals surface area contributed by atoms with Crippen LogP contribution in [0.1, 0.15) is 38.5 Å². The zero-order valence-corrected chi connectivity index (χ0v) is 23.5. The summed E-state index contributed by atoms with van der Waals surface area (Å²) in [6.07, 6.45) is 0. The molecule has 2 amide bonds. The zero-order chi connectivity index (χ0) is 28.6. The monoisotopic (exact) mass is 549 g/mol. The number of hydrogen-bond acceptors (Lipinski definition) is 3. The van der Waals surface area contributed by atoms with Crippen molar-refractivity contribution in [1.82, 2.24) is 14.7 Å². The lowest BCUT2D eigenvalue weighted by atomic mass is 9.90. The van der Waals surface area contributed by atoms with Crippen molar-refractivity contribution in [1.29, 1.82) is 0 Å². The molecule has 1 aliphatic heterocycles. The van der Waals surface area contributed by atoms with E-state index < -0.39 is 0 Å². The first kappa shape index (κ1) is 28.2. The Kier molecular flexibility index (Phi) is 9.22. The number of carbonyl (C=O) groups is 2. The van der Waals surface area contributed by atoms with Gasteiger partial charge in [0.2, 0.25) is 5.91 Å². The Labute approximate surface area is 241 Å². The molecule has 0 aliphatic carbocycles. The Morgan fingerprint density at radius 3 is 1.88 bits per heavy atom. The van der Waals surface area contributed by atoms with Crippen LogP contribution in [-0.4, -0.2) is 65.8 Å². The minimum absolute atomic E-state index is 0.0447. The average Bonchev–Trinajstić information content (AvgIpc) is 3.01. The van der Waals surface area contributed by atoms with E-state index in [2.05, 4.69) is 4.90 Å². The lowest BCUT2D eigenvalue weighted by Crippen LogP contribution is -2.51. The summed E-state index contributed by atoms with van der Waals surface area (Å²) >= 11 is 0. The van der Waals surface area contributed by atoms with Gasteiger partial charge in [0.05, 0.1) is 5.92 Å². The van der Waals surface area contributed by atoms with Gasteiger partial charge in [-0.2, -0.15) is 0 Å². The molecule has 0 atom stereocenters. The number of aryl methyl sites for hydroxylation is 1. The SMILES string of the molecule is Cc1ccc(C(=O)N(CCN2CCN(C(=O)C(c3ccccc3)c3ccccc3)CC2)Cc2ccc(F)cc2)cc1. The molecule has 1 aliphatic rings. The summed E-state index contributed by atoms with van der Waals surface area (Å²) < 4.78 is 13.5. The lowest BCUT2D eigenvalue weighted by Gasteiger charge is -2.37. The highest BCUT2D eigenvalue weighted by Crippen LogP contribution is 2.27. The maximum absolute atomic E-state index is 13.8. The van der Waals surface area contributed by atoms with E-state index >= 15 is 0 Å².